The Labute approximate surface area is 307 Å². The van der Waals surface area contributed by atoms with Crippen LogP contribution in [0.1, 0.15) is 50.9 Å². The predicted molar refractivity (Wildman–Crippen MR) is 197 cm³/mol. The lowest BCUT2D eigenvalue weighted by Crippen LogP contribution is -2.44. The molecule has 0 saturated heterocycles. The van der Waals surface area contributed by atoms with E-state index in [0.29, 0.717) is 37.4 Å². The number of hydrogen-bond donors (Lipinski definition) is 3. The Morgan fingerprint density at radius 1 is 0.942 bits per heavy atom. The maximum absolute atomic E-state index is 15.0. The molecule has 0 saturated carbocycles. The second-order valence-electron chi connectivity index (χ2n) is 13.5. The monoisotopic (exact) mass is 736 g/mol. The van der Waals surface area contributed by atoms with Crippen molar-refractivity contribution in [3.05, 3.63) is 95.8 Å². The highest BCUT2D eigenvalue weighted by atomic mass is 32.2. The number of hydrogen-bond acceptors (Lipinski definition) is 7. The van der Waals surface area contributed by atoms with Gasteiger partial charge in [-0.15, -0.1) is 0 Å². The number of benzene rings is 2. The fraction of sp³-hybridized carbons (Fsp3) is 0.395. The van der Waals surface area contributed by atoms with Gasteiger partial charge in [-0.05, 0) is 48.2 Å². The molecule has 1 aliphatic heterocycles. The molecule has 278 valence electrons. The molecule has 4 rings (SSSR count). The first-order valence-corrected chi connectivity index (χ1v) is 18.3. The van der Waals surface area contributed by atoms with Crippen molar-refractivity contribution < 1.29 is 32.8 Å². The first-order chi connectivity index (χ1) is 24.8. The summed E-state index contributed by atoms with van der Waals surface area (Å²) < 4.78 is 31.3. The summed E-state index contributed by atoms with van der Waals surface area (Å²) in [5, 5.41) is 5.27. The lowest BCUT2D eigenvalue weighted by molar-refractivity contribution is -0.141. The molecule has 2 heterocycles. The molecule has 2 aromatic carbocycles. The van der Waals surface area contributed by atoms with E-state index in [4.69, 9.17) is 5.73 Å². The van der Waals surface area contributed by atoms with Gasteiger partial charge < -0.3 is 25.8 Å². The smallest absolute Gasteiger partial charge is 0.254 e. The maximum atomic E-state index is 15.0. The molecule has 0 spiro atoms. The molecule has 1 aromatic heterocycles. The first-order valence-electron chi connectivity index (χ1n) is 17.1. The van der Waals surface area contributed by atoms with Crippen molar-refractivity contribution in [2.24, 2.45) is 11.1 Å². The number of carbonyl (C=O) groups excluding carboxylic acids is 5. The third-order valence-electron chi connectivity index (χ3n) is 8.37. The zero-order valence-corrected chi connectivity index (χ0v) is 30.5. The number of thioether (sulfide) groups is 1. The van der Waals surface area contributed by atoms with Gasteiger partial charge in [-0.1, -0.05) is 51.1 Å². The average molecular weight is 737 g/mol. The summed E-state index contributed by atoms with van der Waals surface area (Å²) >= 11 is 1.32. The fourth-order valence-electron chi connectivity index (χ4n) is 5.96. The molecule has 0 bridgehead atoms. The Morgan fingerprint density at radius 2 is 1.62 bits per heavy atom. The number of carbonyl (C=O) groups is 5. The topological polar surface area (TPSA) is 147 Å². The van der Waals surface area contributed by atoms with Gasteiger partial charge in [0.05, 0.1) is 11.8 Å². The average Bonchev–Trinajstić information content (AvgIpc) is 3.65. The van der Waals surface area contributed by atoms with E-state index in [1.54, 1.807) is 6.20 Å². The van der Waals surface area contributed by atoms with Crippen LogP contribution >= 0.6 is 11.8 Å². The van der Waals surface area contributed by atoms with Crippen LogP contribution in [0.4, 0.5) is 8.78 Å². The van der Waals surface area contributed by atoms with Crippen LogP contribution in [0.15, 0.2) is 72.9 Å². The van der Waals surface area contributed by atoms with Gasteiger partial charge in [0.1, 0.15) is 18.2 Å². The van der Waals surface area contributed by atoms with Gasteiger partial charge in [-0.3, -0.25) is 28.9 Å². The standard InChI is InChI=1S/C38H46F2N6O5S/c1-38(2,3)37(31-20-27(29-21-28(39)10-11-30(29)40)23-44(31)22-26-8-5-4-6-9-26)45(18-7-15-41)36(51)25-52-19-14-32(47)42-16-17-43-33(48)24-46-34(49)12-13-35(46)50/h4-6,8-13,20-21,23,37H,7,14-19,22,24-25,41H2,1-3H3,(H,42,47)(H,43,48)/t37-/m0/s1. The summed E-state index contributed by atoms with van der Waals surface area (Å²) in [6.45, 7) is 7.16. The minimum absolute atomic E-state index is 0.105. The second-order valence-corrected chi connectivity index (χ2v) is 14.6. The molecule has 52 heavy (non-hydrogen) atoms. The summed E-state index contributed by atoms with van der Waals surface area (Å²) in [5.74, 6) is -2.65. The summed E-state index contributed by atoms with van der Waals surface area (Å²) in [7, 11) is 0. The Hall–Kier alpha value is -4.82. The number of amides is 5. The number of nitrogens with two attached hydrogens (primary N) is 1. The quantitative estimate of drug-likeness (QED) is 0.132. The van der Waals surface area contributed by atoms with Crippen LogP contribution in [-0.4, -0.2) is 88.1 Å². The van der Waals surface area contributed by atoms with Gasteiger partial charge in [0.15, 0.2) is 0 Å². The zero-order valence-electron chi connectivity index (χ0n) is 29.7. The highest BCUT2D eigenvalue weighted by molar-refractivity contribution is 7.99. The number of nitrogens with zero attached hydrogens (tertiary/aromatic N) is 3. The van der Waals surface area contributed by atoms with Crippen LogP contribution in [0.2, 0.25) is 0 Å². The number of aromatic nitrogens is 1. The maximum Gasteiger partial charge on any atom is 0.254 e. The summed E-state index contributed by atoms with van der Waals surface area (Å²) in [6.07, 6.45) is 4.69. The Morgan fingerprint density at radius 3 is 2.27 bits per heavy atom. The lowest BCUT2D eigenvalue weighted by Gasteiger charge is -2.41. The van der Waals surface area contributed by atoms with E-state index in [9.17, 15) is 28.4 Å². The minimum Gasteiger partial charge on any atom is -0.354 e. The summed E-state index contributed by atoms with van der Waals surface area (Å²) in [4.78, 5) is 64.3. The van der Waals surface area contributed by atoms with Gasteiger partial charge in [-0.2, -0.15) is 11.8 Å². The van der Waals surface area contributed by atoms with Crippen LogP contribution in [0, 0.1) is 17.0 Å². The third-order valence-corrected chi connectivity index (χ3v) is 9.32. The normalized spacial score (nSPS) is 13.4. The van der Waals surface area contributed by atoms with Crippen molar-refractivity contribution >= 4 is 41.3 Å². The van der Waals surface area contributed by atoms with E-state index >= 15 is 4.39 Å². The molecule has 0 fully saturated rings. The number of halogens is 2. The molecule has 0 unspecified atom stereocenters. The second kappa shape index (κ2) is 18.6. The summed E-state index contributed by atoms with van der Waals surface area (Å²) in [6, 6.07) is 14.5. The van der Waals surface area contributed by atoms with E-state index in [0.717, 1.165) is 40.4 Å². The van der Waals surface area contributed by atoms with Crippen LogP contribution in [-0.2, 0) is 30.5 Å². The van der Waals surface area contributed by atoms with E-state index in [1.807, 2.05) is 66.6 Å². The predicted octanol–water partition coefficient (Wildman–Crippen LogP) is 4.03. The number of rotatable bonds is 18. The van der Waals surface area contributed by atoms with E-state index < -0.39 is 47.4 Å². The highest BCUT2D eigenvalue weighted by Crippen LogP contribution is 2.41. The van der Waals surface area contributed by atoms with Crippen LogP contribution in [0.5, 0.6) is 0 Å². The molecular weight excluding hydrogens is 691 g/mol. The molecule has 5 amide bonds. The molecular formula is C38H46F2N6O5S. The van der Waals surface area contributed by atoms with Crippen LogP contribution in [0.3, 0.4) is 0 Å². The fourth-order valence-corrected chi connectivity index (χ4v) is 6.77. The van der Waals surface area contributed by atoms with Crippen LogP contribution < -0.4 is 16.4 Å². The van der Waals surface area contributed by atoms with Gasteiger partial charge >= 0.3 is 0 Å². The van der Waals surface area contributed by atoms with Gasteiger partial charge in [0.25, 0.3) is 11.8 Å². The van der Waals surface area contributed by atoms with Gasteiger partial charge in [0, 0.05) is 73.5 Å². The van der Waals surface area contributed by atoms with E-state index in [2.05, 4.69) is 10.6 Å². The summed E-state index contributed by atoms with van der Waals surface area (Å²) in [5.41, 5.74) is 7.83. The van der Waals surface area contributed by atoms with Crippen LogP contribution in [0.25, 0.3) is 11.1 Å². The van der Waals surface area contributed by atoms with Crippen molar-refractivity contribution in [2.75, 3.05) is 44.2 Å². The van der Waals surface area contributed by atoms with Gasteiger partial charge in [-0.25, -0.2) is 8.78 Å². The SMILES string of the molecule is CC(C)(C)[C@H](c1cc(-c2cc(F)ccc2F)cn1Cc1ccccc1)N(CCCN)C(=O)CSCCC(=O)NCCNC(=O)CN1C(=O)C=CC1=O. The lowest BCUT2D eigenvalue weighted by atomic mass is 9.83. The Bertz CT molecular complexity index is 1760. The largest absolute Gasteiger partial charge is 0.354 e. The highest BCUT2D eigenvalue weighted by Gasteiger charge is 2.37. The van der Waals surface area contributed by atoms with Crippen molar-refractivity contribution in [3.8, 4) is 11.1 Å². The number of nitrogens with one attached hydrogen (secondary N) is 2. The third kappa shape index (κ3) is 11.1. The number of imide groups is 1. The Balaban J connectivity index is 1.41. The molecule has 14 heteroatoms. The van der Waals surface area contributed by atoms with Crippen molar-refractivity contribution in [2.45, 2.75) is 46.2 Å². The van der Waals surface area contributed by atoms with E-state index in [1.165, 1.54) is 17.8 Å². The van der Waals surface area contributed by atoms with E-state index in [-0.39, 0.29) is 42.6 Å². The molecule has 3 aromatic rings. The zero-order chi connectivity index (χ0) is 37.8. The molecule has 4 N–H and O–H groups in total. The molecule has 0 radical (unpaired) electrons. The molecule has 0 aliphatic carbocycles. The Kier molecular flexibility index (Phi) is 14.3. The first kappa shape index (κ1) is 40.0. The molecule has 11 nitrogen and oxygen atoms in total. The molecule has 1 atom stereocenters. The van der Waals surface area contributed by atoms with Gasteiger partial charge in [0.2, 0.25) is 17.7 Å². The van der Waals surface area contributed by atoms with Crippen molar-refractivity contribution in [1.82, 2.24) is 25.0 Å². The van der Waals surface area contributed by atoms with Crippen molar-refractivity contribution in [1.29, 1.82) is 0 Å². The minimum atomic E-state index is -0.554. The van der Waals surface area contributed by atoms with Crippen molar-refractivity contribution in [3.63, 3.8) is 0 Å². The molecule has 1 aliphatic rings.